The third-order valence-corrected chi connectivity index (χ3v) is 3.28. The van der Waals surface area contributed by atoms with Crippen LogP contribution in [0.2, 0.25) is 0 Å². The lowest BCUT2D eigenvalue weighted by Crippen LogP contribution is -2.04. The van der Waals surface area contributed by atoms with Gasteiger partial charge in [-0.1, -0.05) is 0 Å². The van der Waals surface area contributed by atoms with Gasteiger partial charge in [-0.15, -0.1) is 0 Å². The zero-order chi connectivity index (χ0) is 15.0. The molecule has 108 valence electrons. The Bertz CT molecular complexity index is 814. The lowest BCUT2D eigenvalue weighted by Gasteiger charge is -2.11. The van der Waals surface area contributed by atoms with Gasteiger partial charge in [0.05, 0.1) is 23.8 Å². The molecule has 0 amide bonds. The molecule has 6 heteroatoms. The van der Waals surface area contributed by atoms with Crippen LogP contribution >= 0.6 is 0 Å². The summed E-state index contributed by atoms with van der Waals surface area (Å²) in [6.07, 6.45) is 0. The van der Waals surface area contributed by atoms with Gasteiger partial charge in [0.1, 0.15) is 24.0 Å². The number of anilines is 1. The van der Waals surface area contributed by atoms with E-state index in [0.717, 1.165) is 0 Å². The van der Waals surface area contributed by atoms with Crippen molar-refractivity contribution < 1.29 is 14.2 Å². The van der Waals surface area contributed by atoms with Crippen LogP contribution < -0.4 is 10.5 Å². The molecule has 0 aliphatic heterocycles. The van der Waals surface area contributed by atoms with Crippen LogP contribution in [0.3, 0.4) is 0 Å². The van der Waals surface area contributed by atoms with Gasteiger partial charge in [0.15, 0.2) is 0 Å². The second-order valence-corrected chi connectivity index (χ2v) is 4.59. The summed E-state index contributed by atoms with van der Waals surface area (Å²) in [6, 6.07) is 9.55. The number of nitrogens with zero attached hydrogens (tertiary/aromatic N) is 2. The number of aliphatic hydroxyl groups is 1. The molecular formula is C15H14FN3O2. The van der Waals surface area contributed by atoms with Gasteiger partial charge in [0.25, 0.3) is 0 Å². The van der Waals surface area contributed by atoms with Crippen LogP contribution in [-0.2, 0) is 6.61 Å². The summed E-state index contributed by atoms with van der Waals surface area (Å²) < 4.78 is 20.9. The minimum absolute atomic E-state index is 0.269. The summed E-state index contributed by atoms with van der Waals surface area (Å²) in [4.78, 5) is 4.29. The van der Waals surface area contributed by atoms with Crippen molar-refractivity contribution in [1.82, 2.24) is 9.55 Å². The second kappa shape index (κ2) is 5.06. The number of hydrogen-bond acceptors (Lipinski definition) is 4. The summed E-state index contributed by atoms with van der Waals surface area (Å²) in [5, 5.41) is 9.50. The van der Waals surface area contributed by atoms with Gasteiger partial charge in [-0.05, 0) is 30.3 Å². The Morgan fingerprint density at radius 2 is 2.10 bits per heavy atom. The molecule has 1 heterocycles. The molecule has 0 radical (unpaired) electrons. The molecule has 21 heavy (non-hydrogen) atoms. The number of hydrogen-bond donors (Lipinski definition) is 2. The molecule has 0 aliphatic rings. The van der Waals surface area contributed by atoms with Crippen molar-refractivity contribution in [3.05, 3.63) is 48.0 Å². The number of imidazole rings is 1. The third kappa shape index (κ3) is 2.19. The van der Waals surface area contributed by atoms with Crippen molar-refractivity contribution in [3.63, 3.8) is 0 Å². The number of aliphatic hydroxyl groups excluding tert-OH is 1. The molecule has 0 atom stereocenters. The molecular weight excluding hydrogens is 273 g/mol. The average molecular weight is 287 g/mol. The minimum atomic E-state index is -0.429. The van der Waals surface area contributed by atoms with Crippen molar-refractivity contribution >= 4 is 16.7 Å². The molecule has 3 aromatic rings. The van der Waals surface area contributed by atoms with Crippen LogP contribution in [0.15, 0.2) is 36.4 Å². The zero-order valence-electron chi connectivity index (χ0n) is 11.4. The largest absolute Gasteiger partial charge is 0.497 e. The number of methoxy groups -OCH3 is 1. The lowest BCUT2D eigenvalue weighted by molar-refractivity contribution is 0.270. The van der Waals surface area contributed by atoms with E-state index in [2.05, 4.69) is 4.98 Å². The van der Waals surface area contributed by atoms with Gasteiger partial charge in [0, 0.05) is 11.8 Å². The molecule has 1 aromatic heterocycles. The topological polar surface area (TPSA) is 73.3 Å². The number of halogens is 1. The summed E-state index contributed by atoms with van der Waals surface area (Å²) in [5.41, 5.74) is 7.83. The molecule has 0 spiro atoms. The van der Waals surface area contributed by atoms with E-state index in [-0.39, 0.29) is 12.3 Å². The fourth-order valence-electron chi connectivity index (χ4n) is 2.31. The van der Waals surface area contributed by atoms with Crippen LogP contribution in [0, 0.1) is 5.82 Å². The minimum Gasteiger partial charge on any atom is -0.497 e. The van der Waals surface area contributed by atoms with Crippen molar-refractivity contribution in [1.29, 1.82) is 0 Å². The van der Waals surface area contributed by atoms with Crippen LogP contribution in [-0.4, -0.2) is 21.8 Å². The van der Waals surface area contributed by atoms with E-state index in [1.165, 1.54) is 19.2 Å². The van der Waals surface area contributed by atoms with E-state index in [1.54, 1.807) is 28.8 Å². The quantitative estimate of drug-likeness (QED) is 0.725. The van der Waals surface area contributed by atoms with Crippen LogP contribution in [0.1, 0.15) is 5.82 Å². The Labute approximate surface area is 120 Å². The number of nitrogen functional groups attached to an aromatic ring is 1. The Morgan fingerprint density at radius 3 is 2.81 bits per heavy atom. The number of benzene rings is 2. The molecule has 0 saturated carbocycles. The number of rotatable bonds is 3. The lowest BCUT2D eigenvalue weighted by atomic mass is 10.2. The van der Waals surface area contributed by atoms with E-state index in [0.29, 0.717) is 28.3 Å². The molecule has 0 saturated heterocycles. The highest BCUT2D eigenvalue weighted by Crippen LogP contribution is 2.27. The Morgan fingerprint density at radius 1 is 1.29 bits per heavy atom. The van der Waals surface area contributed by atoms with Gasteiger partial charge < -0.3 is 15.6 Å². The van der Waals surface area contributed by atoms with Gasteiger partial charge >= 0.3 is 0 Å². The maximum Gasteiger partial charge on any atom is 0.147 e. The maximum atomic E-state index is 14.2. The Kier molecular flexibility index (Phi) is 3.23. The first-order valence-electron chi connectivity index (χ1n) is 6.35. The first-order valence-corrected chi connectivity index (χ1v) is 6.35. The predicted octanol–water partition coefficient (Wildman–Crippen LogP) is 2.25. The van der Waals surface area contributed by atoms with Crippen molar-refractivity contribution in [2.75, 3.05) is 12.8 Å². The van der Waals surface area contributed by atoms with Crippen LogP contribution in [0.5, 0.6) is 5.75 Å². The van der Waals surface area contributed by atoms with Crippen molar-refractivity contribution in [2.45, 2.75) is 6.61 Å². The molecule has 0 fully saturated rings. The molecule has 2 aromatic carbocycles. The highest BCUT2D eigenvalue weighted by molar-refractivity contribution is 5.81. The Balaban J connectivity index is 2.33. The van der Waals surface area contributed by atoms with E-state index in [1.807, 2.05) is 0 Å². The fourth-order valence-corrected chi connectivity index (χ4v) is 2.31. The normalized spacial score (nSPS) is 11.0. The fraction of sp³-hybridized carbons (Fsp3) is 0.133. The molecule has 3 rings (SSSR count). The summed E-state index contributed by atoms with van der Waals surface area (Å²) in [6.45, 7) is -0.314. The number of aromatic nitrogens is 2. The van der Waals surface area contributed by atoms with Crippen LogP contribution in [0.25, 0.3) is 16.7 Å². The number of nitrogens with two attached hydrogens (primary N) is 1. The van der Waals surface area contributed by atoms with Gasteiger partial charge in [-0.25, -0.2) is 9.37 Å². The van der Waals surface area contributed by atoms with Crippen molar-refractivity contribution in [2.24, 2.45) is 0 Å². The predicted molar refractivity (Wildman–Crippen MR) is 77.9 cm³/mol. The standard InChI is InChI=1S/C15H14FN3O2/c1-21-10-3-4-11(16)14(7-10)19-13-5-2-9(17)6-12(13)18-15(19)8-20/h2-7,20H,8,17H2,1H3. The third-order valence-electron chi connectivity index (χ3n) is 3.28. The van der Waals surface area contributed by atoms with E-state index < -0.39 is 5.82 Å². The van der Waals surface area contributed by atoms with E-state index in [4.69, 9.17) is 10.5 Å². The highest BCUT2D eigenvalue weighted by Gasteiger charge is 2.15. The monoisotopic (exact) mass is 287 g/mol. The van der Waals surface area contributed by atoms with Crippen molar-refractivity contribution in [3.8, 4) is 11.4 Å². The van der Waals surface area contributed by atoms with Gasteiger partial charge in [0.2, 0.25) is 0 Å². The summed E-state index contributed by atoms with van der Waals surface area (Å²) in [7, 11) is 1.51. The zero-order valence-corrected chi connectivity index (χ0v) is 11.4. The summed E-state index contributed by atoms with van der Waals surface area (Å²) >= 11 is 0. The molecule has 0 aliphatic carbocycles. The second-order valence-electron chi connectivity index (χ2n) is 4.59. The van der Waals surface area contributed by atoms with Gasteiger partial charge in [-0.2, -0.15) is 0 Å². The smallest absolute Gasteiger partial charge is 0.147 e. The maximum absolute atomic E-state index is 14.2. The Hall–Kier alpha value is -2.60. The highest BCUT2D eigenvalue weighted by atomic mass is 19.1. The molecule has 5 nitrogen and oxygen atoms in total. The molecule has 0 unspecified atom stereocenters. The summed E-state index contributed by atoms with van der Waals surface area (Å²) in [5.74, 6) is 0.428. The first-order chi connectivity index (χ1) is 10.1. The number of ether oxygens (including phenoxy) is 1. The molecule has 3 N–H and O–H groups in total. The molecule has 0 bridgehead atoms. The van der Waals surface area contributed by atoms with E-state index >= 15 is 0 Å². The van der Waals surface area contributed by atoms with Gasteiger partial charge in [-0.3, -0.25) is 4.57 Å². The SMILES string of the molecule is COc1ccc(F)c(-n2c(CO)nc3cc(N)ccc32)c1. The first kappa shape index (κ1) is 13.4. The van der Waals surface area contributed by atoms with Crippen LogP contribution in [0.4, 0.5) is 10.1 Å². The van der Waals surface area contributed by atoms with E-state index in [9.17, 15) is 9.50 Å². The number of fused-ring (bicyclic) bond motifs is 1. The average Bonchev–Trinajstić information content (AvgIpc) is 2.85.